The number of aryl methyl sites for hydroxylation is 1. The normalized spacial score (nSPS) is 17.4. The Balaban J connectivity index is 1.51. The van der Waals surface area contributed by atoms with E-state index in [0.29, 0.717) is 15.9 Å². The Morgan fingerprint density at radius 1 is 1.57 bits per heavy atom. The van der Waals surface area contributed by atoms with Crippen molar-refractivity contribution in [1.29, 1.82) is 0 Å². The number of halogens is 1. The lowest BCUT2D eigenvalue weighted by molar-refractivity contribution is -0.113. The van der Waals surface area contributed by atoms with Crippen molar-refractivity contribution in [1.82, 2.24) is 15.2 Å². The van der Waals surface area contributed by atoms with Crippen LogP contribution in [0.25, 0.3) is 0 Å². The first kappa shape index (κ1) is 16.3. The molecule has 1 aliphatic rings. The highest BCUT2D eigenvalue weighted by molar-refractivity contribution is 7.99. The molecule has 1 atom stereocenters. The van der Waals surface area contributed by atoms with Gasteiger partial charge in [-0.1, -0.05) is 29.4 Å². The molecule has 0 saturated carbocycles. The number of ether oxygens (including phenoxy) is 1. The lowest BCUT2D eigenvalue weighted by Gasteiger charge is -2.06. The van der Waals surface area contributed by atoms with E-state index in [4.69, 9.17) is 16.3 Å². The predicted molar refractivity (Wildman–Crippen MR) is 89.9 cm³/mol. The monoisotopic (exact) mass is 352 g/mol. The predicted octanol–water partition coefficient (Wildman–Crippen LogP) is 3.35. The Morgan fingerprint density at radius 2 is 2.43 bits per heavy atom. The molecule has 1 aliphatic heterocycles. The summed E-state index contributed by atoms with van der Waals surface area (Å²) in [4.78, 5) is 16.3. The van der Waals surface area contributed by atoms with Crippen molar-refractivity contribution in [2.24, 2.45) is 0 Å². The fraction of sp³-hybridized carbons (Fsp3) is 0.400. The molecule has 0 radical (unpaired) electrons. The Kier molecular flexibility index (Phi) is 5.20. The SMILES string of the molecule is Cc1ccc(NC(=O)CSc2n[nH]c([C@@H]3CCCO3)n2)cc1Cl. The molecular formula is C15H17ClN4O2S. The standard InChI is InChI=1S/C15H17ClN4O2S/c1-9-4-5-10(7-11(9)16)17-13(21)8-23-15-18-14(19-20-15)12-3-2-6-22-12/h4-5,7,12H,2-3,6,8H2,1H3,(H,17,21)(H,18,19,20)/t12-/m0/s1. The number of anilines is 1. The molecule has 1 aromatic carbocycles. The maximum Gasteiger partial charge on any atom is 0.234 e. The van der Waals surface area contributed by atoms with Gasteiger partial charge < -0.3 is 10.1 Å². The lowest BCUT2D eigenvalue weighted by atomic mass is 10.2. The number of amides is 1. The second kappa shape index (κ2) is 7.33. The van der Waals surface area contributed by atoms with E-state index < -0.39 is 0 Å². The Morgan fingerprint density at radius 3 is 3.17 bits per heavy atom. The van der Waals surface area contributed by atoms with E-state index in [-0.39, 0.29) is 17.8 Å². The zero-order chi connectivity index (χ0) is 16.2. The number of carbonyl (C=O) groups excluding carboxylic acids is 1. The molecule has 0 spiro atoms. The van der Waals surface area contributed by atoms with Gasteiger partial charge in [-0.2, -0.15) is 0 Å². The van der Waals surface area contributed by atoms with E-state index in [1.54, 1.807) is 6.07 Å². The molecule has 2 aromatic rings. The second-order valence-corrected chi connectivity index (χ2v) is 6.66. The van der Waals surface area contributed by atoms with Crippen molar-refractivity contribution < 1.29 is 9.53 Å². The first-order chi connectivity index (χ1) is 11.1. The minimum absolute atomic E-state index is 0.000349. The zero-order valence-electron chi connectivity index (χ0n) is 12.6. The number of carbonyl (C=O) groups is 1. The number of rotatable bonds is 5. The van der Waals surface area contributed by atoms with Crippen LogP contribution in [0.5, 0.6) is 0 Å². The average Bonchev–Trinajstić information content (AvgIpc) is 3.19. The fourth-order valence-electron chi connectivity index (χ4n) is 2.26. The van der Waals surface area contributed by atoms with Gasteiger partial charge in [-0.05, 0) is 37.5 Å². The third kappa shape index (κ3) is 4.25. The van der Waals surface area contributed by atoms with Gasteiger partial charge in [-0.15, -0.1) is 5.10 Å². The topological polar surface area (TPSA) is 79.9 Å². The van der Waals surface area contributed by atoms with Gasteiger partial charge in [-0.3, -0.25) is 9.89 Å². The third-order valence-electron chi connectivity index (χ3n) is 3.50. The van der Waals surface area contributed by atoms with Crippen LogP contribution in [0.4, 0.5) is 5.69 Å². The maximum atomic E-state index is 12.0. The smallest absolute Gasteiger partial charge is 0.234 e. The van der Waals surface area contributed by atoms with Gasteiger partial charge in [-0.25, -0.2) is 4.98 Å². The highest BCUT2D eigenvalue weighted by Crippen LogP contribution is 2.27. The summed E-state index contributed by atoms with van der Waals surface area (Å²) in [6.45, 7) is 2.67. The Hall–Kier alpha value is -1.57. The van der Waals surface area contributed by atoms with Gasteiger partial charge >= 0.3 is 0 Å². The molecule has 0 aliphatic carbocycles. The van der Waals surface area contributed by atoms with E-state index in [1.807, 2.05) is 19.1 Å². The first-order valence-corrected chi connectivity index (χ1v) is 8.71. The van der Waals surface area contributed by atoms with E-state index in [1.165, 1.54) is 11.8 Å². The van der Waals surface area contributed by atoms with E-state index in [0.717, 1.165) is 30.8 Å². The Labute approximate surface area is 143 Å². The van der Waals surface area contributed by atoms with Gasteiger partial charge in [0, 0.05) is 17.3 Å². The van der Waals surface area contributed by atoms with Crippen LogP contribution in [0.1, 0.15) is 30.3 Å². The third-order valence-corrected chi connectivity index (χ3v) is 4.76. The van der Waals surface area contributed by atoms with Gasteiger partial charge in [0.1, 0.15) is 6.10 Å². The molecule has 6 nitrogen and oxygen atoms in total. The van der Waals surface area contributed by atoms with Crippen LogP contribution < -0.4 is 5.32 Å². The molecular weight excluding hydrogens is 336 g/mol. The molecule has 2 heterocycles. The highest BCUT2D eigenvalue weighted by Gasteiger charge is 2.21. The molecule has 1 saturated heterocycles. The molecule has 1 aromatic heterocycles. The maximum absolute atomic E-state index is 12.0. The zero-order valence-corrected chi connectivity index (χ0v) is 14.2. The molecule has 2 N–H and O–H groups in total. The number of aromatic amines is 1. The molecule has 0 bridgehead atoms. The number of nitrogens with zero attached hydrogens (tertiary/aromatic N) is 2. The highest BCUT2D eigenvalue weighted by atomic mass is 35.5. The van der Waals surface area contributed by atoms with Crippen LogP contribution >= 0.6 is 23.4 Å². The Bertz CT molecular complexity index is 701. The number of hydrogen-bond acceptors (Lipinski definition) is 5. The number of thioether (sulfide) groups is 1. The molecule has 8 heteroatoms. The number of benzene rings is 1. The fourth-order valence-corrected chi connectivity index (χ4v) is 3.04. The van der Waals surface area contributed by atoms with Crippen LogP contribution in [-0.4, -0.2) is 33.4 Å². The van der Waals surface area contributed by atoms with Crippen molar-refractivity contribution in [2.45, 2.75) is 31.0 Å². The van der Waals surface area contributed by atoms with Crippen LogP contribution in [-0.2, 0) is 9.53 Å². The lowest BCUT2D eigenvalue weighted by Crippen LogP contribution is -2.14. The summed E-state index contributed by atoms with van der Waals surface area (Å²) in [5.41, 5.74) is 1.66. The van der Waals surface area contributed by atoms with E-state index in [2.05, 4.69) is 20.5 Å². The molecule has 1 amide bonds. The molecule has 23 heavy (non-hydrogen) atoms. The summed E-state index contributed by atoms with van der Waals surface area (Å²) >= 11 is 7.32. The minimum Gasteiger partial charge on any atom is -0.370 e. The molecule has 122 valence electrons. The quantitative estimate of drug-likeness (QED) is 0.806. The number of H-pyrrole nitrogens is 1. The van der Waals surface area contributed by atoms with Gasteiger partial charge in [0.05, 0.1) is 5.75 Å². The van der Waals surface area contributed by atoms with Gasteiger partial charge in [0.15, 0.2) is 5.82 Å². The van der Waals surface area contributed by atoms with Crippen molar-refractivity contribution >= 4 is 35.0 Å². The number of nitrogens with one attached hydrogen (secondary N) is 2. The number of aromatic nitrogens is 3. The van der Waals surface area contributed by atoms with Gasteiger partial charge in [0.25, 0.3) is 0 Å². The van der Waals surface area contributed by atoms with E-state index in [9.17, 15) is 4.79 Å². The largest absolute Gasteiger partial charge is 0.370 e. The van der Waals surface area contributed by atoms with Crippen LogP contribution in [0.15, 0.2) is 23.4 Å². The van der Waals surface area contributed by atoms with Crippen molar-refractivity contribution in [3.05, 3.63) is 34.6 Å². The van der Waals surface area contributed by atoms with Crippen LogP contribution in [0, 0.1) is 6.92 Å². The molecule has 1 fully saturated rings. The number of hydrogen-bond donors (Lipinski definition) is 2. The van der Waals surface area contributed by atoms with Crippen molar-refractivity contribution in [2.75, 3.05) is 17.7 Å². The summed E-state index contributed by atoms with van der Waals surface area (Å²) in [5, 5.41) is 11.0. The first-order valence-electron chi connectivity index (χ1n) is 7.34. The van der Waals surface area contributed by atoms with Crippen molar-refractivity contribution in [3.8, 4) is 0 Å². The minimum atomic E-state index is -0.126. The summed E-state index contributed by atoms with van der Waals surface area (Å²) < 4.78 is 5.54. The summed E-state index contributed by atoms with van der Waals surface area (Å²) in [7, 11) is 0. The van der Waals surface area contributed by atoms with Crippen LogP contribution in [0.2, 0.25) is 5.02 Å². The second-order valence-electron chi connectivity index (χ2n) is 5.31. The summed E-state index contributed by atoms with van der Waals surface area (Å²) in [6.07, 6.45) is 1.99. The molecule has 0 unspecified atom stereocenters. The van der Waals surface area contributed by atoms with Crippen LogP contribution in [0.3, 0.4) is 0 Å². The van der Waals surface area contributed by atoms with Gasteiger partial charge in [0.2, 0.25) is 11.1 Å². The molecule has 3 rings (SSSR count). The van der Waals surface area contributed by atoms with Crippen molar-refractivity contribution in [3.63, 3.8) is 0 Å². The summed E-state index contributed by atoms with van der Waals surface area (Å²) in [6, 6.07) is 5.43. The van der Waals surface area contributed by atoms with E-state index >= 15 is 0 Å². The summed E-state index contributed by atoms with van der Waals surface area (Å²) in [5.74, 6) is 0.836. The average molecular weight is 353 g/mol.